The standard InChI is InChI=1S/C18H19Cl2NOS/c1-13-9-11-14(12-10-13)21-16(22)18(20,17(2,3)19)23-15-7-5-4-6-8-15/h4-12H,1-3H3,(H,21,22). The molecule has 1 N–H and O–H groups in total. The van der Waals surface area contributed by atoms with Crippen molar-refractivity contribution in [1.29, 1.82) is 0 Å². The Bertz CT molecular complexity index is 668. The maximum Gasteiger partial charge on any atom is 0.258 e. The Labute approximate surface area is 151 Å². The van der Waals surface area contributed by atoms with Crippen molar-refractivity contribution in [2.75, 3.05) is 5.32 Å². The van der Waals surface area contributed by atoms with Crippen LogP contribution in [0.3, 0.4) is 0 Å². The van der Waals surface area contributed by atoms with Gasteiger partial charge in [0.25, 0.3) is 5.91 Å². The van der Waals surface area contributed by atoms with Gasteiger partial charge in [-0.3, -0.25) is 4.79 Å². The average Bonchev–Trinajstić information content (AvgIpc) is 2.49. The van der Waals surface area contributed by atoms with E-state index in [1.807, 2.05) is 61.5 Å². The van der Waals surface area contributed by atoms with Crippen molar-refractivity contribution < 1.29 is 4.79 Å². The maximum atomic E-state index is 12.8. The maximum absolute atomic E-state index is 12.8. The van der Waals surface area contributed by atoms with Crippen molar-refractivity contribution in [3.8, 4) is 0 Å². The van der Waals surface area contributed by atoms with E-state index >= 15 is 0 Å². The number of nitrogens with one attached hydrogen (secondary N) is 1. The van der Waals surface area contributed by atoms with E-state index in [2.05, 4.69) is 5.32 Å². The molecule has 23 heavy (non-hydrogen) atoms. The molecule has 2 nitrogen and oxygen atoms in total. The summed E-state index contributed by atoms with van der Waals surface area (Å²) in [6, 6.07) is 17.1. The number of carbonyl (C=O) groups excluding carboxylic acids is 1. The molecule has 1 atom stereocenters. The quantitative estimate of drug-likeness (QED) is 0.544. The van der Waals surface area contributed by atoms with Gasteiger partial charge in [0.05, 0.1) is 4.87 Å². The molecule has 122 valence electrons. The Morgan fingerprint density at radius 3 is 2.09 bits per heavy atom. The third-order valence-electron chi connectivity index (χ3n) is 3.37. The minimum atomic E-state index is -1.35. The largest absolute Gasteiger partial charge is 0.324 e. The molecule has 0 heterocycles. The van der Waals surface area contributed by atoms with Crippen molar-refractivity contribution in [3.63, 3.8) is 0 Å². The summed E-state index contributed by atoms with van der Waals surface area (Å²) in [4.78, 5) is 12.8. The Balaban J connectivity index is 2.27. The predicted molar refractivity (Wildman–Crippen MR) is 101 cm³/mol. The molecule has 5 heteroatoms. The summed E-state index contributed by atoms with van der Waals surface area (Å²) >= 11 is 14.4. The second-order valence-corrected chi connectivity index (χ2v) is 8.83. The Morgan fingerprint density at radius 1 is 1.00 bits per heavy atom. The highest BCUT2D eigenvalue weighted by Crippen LogP contribution is 2.48. The predicted octanol–water partition coefficient (Wildman–Crippen LogP) is 5.68. The van der Waals surface area contributed by atoms with Crippen LogP contribution in [-0.2, 0) is 4.79 Å². The first kappa shape index (κ1) is 18.2. The number of alkyl halides is 2. The number of halogens is 2. The number of hydrogen-bond acceptors (Lipinski definition) is 2. The number of amides is 1. The normalized spacial score (nSPS) is 14.1. The molecule has 0 bridgehead atoms. The molecular weight excluding hydrogens is 349 g/mol. The summed E-state index contributed by atoms with van der Waals surface area (Å²) in [7, 11) is 0. The number of aryl methyl sites for hydroxylation is 1. The van der Waals surface area contributed by atoms with Crippen LogP contribution in [0.1, 0.15) is 19.4 Å². The molecule has 2 aromatic carbocycles. The van der Waals surface area contributed by atoms with Crippen molar-refractivity contribution in [3.05, 3.63) is 60.2 Å². The first-order chi connectivity index (χ1) is 10.7. The van der Waals surface area contributed by atoms with E-state index in [1.54, 1.807) is 13.8 Å². The fourth-order valence-corrected chi connectivity index (χ4v) is 3.46. The molecule has 0 saturated carbocycles. The van der Waals surface area contributed by atoms with Gasteiger partial charge in [-0.2, -0.15) is 0 Å². The van der Waals surface area contributed by atoms with E-state index < -0.39 is 9.08 Å². The van der Waals surface area contributed by atoms with E-state index in [9.17, 15) is 4.79 Å². The van der Waals surface area contributed by atoms with Crippen LogP contribution < -0.4 is 5.32 Å². The monoisotopic (exact) mass is 367 g/mol. The first-order valence-corrected chi connectivity index (χ1v) is 8.79. The van der Waals surface area contributed by atoms with E-state index in [-0.39, 0.29) is 5.91 Å². The summed E-state index contributed by atoms with van der Waals surface area (Å²) < 4.78 is -1.35. The van der Waals surface area contributed by atoms with Crippen molar-refractivity contribution in [2.24, 2.45) is 0 Å². The van der Waals surface area contributed by atoms with E-state index in [4.69, 9.17) is 23.2 Å². The lowest BCUT2D eigenvalue weighted by Crippen LogP contribution is -2.48. The number of carbonyl (C=O) groups is 1. The van der Waals surface area contributed by atoms with Crippen LogP contribution in [0.2, 0.25) is 0 Å². The Morgan fingerprint density at radius 2 is 1.57 bits per heavy atom. The van der Waals surface area contributed by atoms with Crippen LogP contribution in [0.4, 0.5) is 5.69 Å². The van der Waals surface area contributed by atoms with E-state index in [0.717, 1.165) is 10.5 Å². The Hall–Kier alpha value is -1.16. The zero-order valence-corrected chi connectivity index (χ0v) is 15.6. The van der Waals surface area contributed by atoms with E-state index in [1.165, 1.54) is 11.8 Å². The lowest BCUT2D eigenvalue weighted by molar-refractivity contribution is -0.117. The van der Waals surface area contributed by atoms with Crippen LogP contribution in [0.25, 0.3) is 0 Å². The number of thioether (sulfide) groups is 1. The van der Waals surface area contributed by atoms with Crippen molar-refractivity contribution >= 4 is 46.6 Å². The van der Waals surface area contributed by atoms with Gasteiger partial charge in [0.1, 0.15) is 0 Å². The molecule has 0 radical (unpaired) electrons. The van der Waals surface area contributed by atoms with Crippen LogP contribution >= 0.6 is 35.0 Å². The molecule has 0 aliphatic heterocycles. The first-order valence-electron chi connectivity index (χ1n) is 7.22. The highest BCUT2D eigenvalue weighted by atomic mass is 35.5. The summed E-state index contributed by atoms with van der Waals surface area (Å²) in [5.41, 5.74) is 1.82. The molecule has 0 aliphatic rings. The van der Waals surface area contributed by atoms with Gasteiger partial charge in [-0.05, 0) is 45.0 Å². The smallest absolute Gasteiger partial charge is 0.258 e. The molecule has 0 aliphatic carbocycles. The third-order valence-corrected chi connectivity index (χ3v) is 6.22. The molecule has 0 spiro atoms. The summed E-state index contributed by atoms with van der Waals surface area (Å²) in [5, 5.41) is 2.86. The molecule has 2 aromatic rings. The Kier molecular flexibility index (Phi) is 5.66. The fraction of sp³-hybridized carbons (Fsp3) is 0.278. The van der Waals surface area contributed by atoms with Crippen LogP contribution in [0.15, 0.2) is 59.5 Å². The van der Waals surface area contributed by atoms with Gasteiger partial charge in [-0.25, -0.2) is 0 Å². The van der Waals surface area contributed by atoms with Crippen LogP contribution in [-0.4, -0.2) is 15.0 Å². The number of rotatable bonds is 5. The zero-order chi connectivity index (χ0) is 17.1. The second-order valence-electron chi connectivity index (χ2n) is 5.80. The highest BCUT2D eigenvalue weighted by Gasteiger charge is 2.50. The lowest BCUT2D eigenvalue weighted by Gasteiger charge is -2.35. The molecule has 1 amide bonds. The lowest BCUT2D eigenvalue weighted by atomic mass is 10.1. The van der Waals surface area contributed by atoms with Crippen LogP contribution in [0.5, 0.6) is 0 Å². The van der Waals surface area contributed by atoms with Gasteiger partial charge >= 0.3 is 0 Å². The summed E-state index contributed by atoms with van der Waals surface area (Å²) in [6.07, 6.45) is 0. The minimum absolute atomic E-state index is 0.336. The zero-order valence-electron chi connectivity index (χ0n) is 13.3. The molecule has 2 rings (SSSR count). The van der Waals surface area contributed by atoms with Gasteiger partial charge in [-0.1, -0.05) is 59.3 Å². The molecule has 0 fully saturated rings. The van der Waals surface area contributed by atoms with Gasteiger partial charge in [0, 0.05) is 10.6 Å². The van der Waals surface area contributed by atoms with Gasteiger partial charge in [0.15, 0.2) is 4.21 Å². The highest BCUT2D eigenvalue weighted by molar-refractivity contribution is 8.03. The molecule has 0 aromatic heterocycles. The number of hydrogen-bond donors (Lipinski definition) is 1. The number of anilines is 1. The second kappa shape index (κ2) is 7.16. The average molecular weight is 368 g/mol. The third kappa shape index (κ3) is 4.43. The van der Waals surface area contributed by atoms with Crippen molar-refractivity contribution in [1.82, 2.24) is 0 Å². The fourth-order valence-electron chi connectivity index (χ4n) is 1.94. The van der Waals surface area contributed by atoms with E-state index in [0.29, 0.717) is 5.69 Å². The van der Waals surface area contributed by atoms with Gasteiger partial charge in [0.2, 0.25) is 0 Å². The minimum Gasteiger partial charge on any atom is -0.324 e. The summed E-state index contributed by atoms with van der Waals surface area (Å²) in [5.74, 6) is -0.336. The number of benzene rings is 2. The summed E-state index contributed by atoms with van der Waals surface area (Å²) in [6.45, 7) is 5.48. The SMILES string of the molecule is Cc1ccc(NC(=O)C(Cl)(Sc2ccccc2)C(C)(C)Cl)cc1. The van der Waals surface area contributed by atoms with Crippen LogP contribution in [0, 0.1) is 6.92 Å². The molecular formula is C18H19Cl2NOS. The van der Waals surface area contributed by atoms with Crippen molar-refractivity contribution in [2.45, 2.75) is 34.7 Å². The molecule has 1 unspecified atom stereocenters. The molecule has 0 saturated heterocycles. The topological polar surface area (TPSA) is 29.1 Å². The van der Waals surface area contributed by atoms with Gasteiger partial charge in [-0.15, -0.1) is 11.6 Å². The van der Waals surface area contributed by atoms with Gasteiger partial charge < -0.3 is 5.32 Å².